The van der Waals surface area contributed by atoms with E-state index >= 15 is 0 Å². The molecule has 1 heterocycles. The Balaban J connectivity index is 1.49. The van der Waals surface area contributed by atoms with Crippen LogP contribution >= 0.6 is 23.2 Å². The van der Waals surface area contributed by atoms with Crippen molar-refractivity contribution in [1.29, 1.82) is 0 Å². The lowest BCUT2D eigenvalue weighted by Crippen LogP contribution is -2.27. The molecular weight excluding hydrogens is 437 g/mol. The molecule has 1 fully saturated rings. The number of benzene rings is 2. The molecule has 1 N–H and O–H groups in total. The predicted molar refractivity (Wildman–Crippen MR) is 120 cm³/mol. The zero-order chi connectivity index (χ0) is 21.8. The second-order valence-electron chi connectivity index (χ2n) is 7.28. The number of halogens is 2. The second kappa shape index (κ2) is 9.54. The first kappa shape index (κ1) is 21.4. The van der Waals surface area contributed by atoms with Crippen LogP contribution in [0.5, 0.6) is 17.4 Å². The zero-order valence-electron chi connectivity index (χ0n) is 16.9. The monoisotopic (exact) mass is 457 g/mol. The van der Waals surface area contributed by atoms with Gasteiger partial charge in [0.25, 0.3) is 5.91 Å². The molecule has 0 unspecified atom stereocenters. The molecule has 1 amide bonds. The average Bonchev–Trinajstić information content (AvgIpc) is 3.61. The first-order chi connectivity index (χ1) is 15.0. The number of aromatic nitrogens is 2. The molecule has 1 saturated carbocycles. The van der Waals surface area contributed by atoms with Crippen LogP contribution in [0.1, 0.15) is 40.2 Å². The van der Waals surface area contributed by atoms with Gasteiger partial charge in [0.1, 0.15) is 11.3 Å². The topological polar surface area (TPSA) is 73.3 Å². The van der Waals surface area contributed by atoms with Crippen LogP contribution in [-0.2, 0) is 6.42 Å². The fourth-order valence-electron chi connectivity index (χ4n) is 3.28. The van der Waals surface area contributed by atoms with Crippen molar-refractivity contribution in [3.05, 3.63) is 75.4 Å². The summed E-state index contributed by atoms with van der Waals surface area (Å²) < 4.78 is 11.3. The first-order valence-corrected chi connectivity index (χ1v) is 10.7. The molecule has 2 aromatic carbocycles. The Bertz CT molecular complexity index is 1100. The van der Waals surface area contributed by atoms with Crippen molar-refractivity contribution >= 4 is 29.1 Å². The molecule has 4 rings (SSSR count). The predicted octanol–water partition coefficient (Wildman–Crippen LogP) is 5.43. The summed E-state index contributed by atoms with van der Waals surface area (Å²) in [4.78, 5) is 13.0. The highest BCUT2D eigenvalue weighted by Gasteiger charge is 2.25. The van der Waals surface area contributed by atoms with Crippen LogP contribution in [-0.4, -0.2) is 29.8 Å². The number of ether oxygens (including phenoxy) is 2. The van der Waals surface area contributed by atoms with E-state index in [0.29, 0.717) is 34.7 Å². The molecule has 1 aliphatic carbocycles. The van der Waals surface area contributed by atoms with Crippen molar-refractivity contribution in [2.45, 2.75) is 25.2 Å². The normalized spacial score (nSPS) is 13.0. The highest BCUT2D eigenvalue weighted by molar-refractivity contribution is 6.35. The Hall–Kier alpha value is -2.83. The molecule has 6 nitrogen and oxygen atoms in total. The Morgan fingerprint density at radius 3 is 2.77 bits per heavy atom. The SMILES string of the molecule is COc1nncc(Oc2cccc(C3CC3)c2)c1C(=O)NCCc1ccc(Cl)cc1Cl. The van der Waals surface area contributed by atoms with Gasteiger partial charge in [-0.25, -0.2) is 0 Å². The number of methoxy groups -OCH3 is 1. The number of hydrogen-bond acceptors (Lipinski definition) is 5. The molecule has 0 atom stereocenters. The van der Waals surface area contributed by atoms with Crippen LogP contribution in [0.25, 0.3) is 0 Å². The number of amides is 1. The van der Waals surface area contributed by atoms with Gasteiger partial charge >= 0.3 is 0 Å². The van der Waals surface area contributed by atoms with E-state index in [1.807, 2.05) is 24.3 Å². The van der Waals surface area contributed by atoms with Gasteiger partial charge in [-0.15, -0.1) is 5.10 Å². The van der Waals surface area contributed by atoms with Crippen molar-refractivity contribution in [2.24, 2.45) is 0 Å². The van der Waals surface area contributed by atoms with Crippen molar-refractivity contribution in [1.82, 2.24) is 15.5 Å². The van der Waals surface area contributed by atoms with Gasteiger partial charge in [-0.05, 0) is 60.6 Å². The molecule has 3 aromatic rings. The number of carbonyl (C=O) groups excluding carboxylic acids is 1. The van der Waals surface area contributed by atoms with Gasteiger partial charge in [0.05, 0.1) is 13.3 Å². The quantitative estimate of drug-likeness (QED) is 0.487. The summed E-state index contributed by atoms with van der Waals surface area (Å²) in [7, 11) is 1.44. The van der Waals surface area contributed by atoms with Gasteiger partial charge in [0, 0.05) is 16.6 Å². The van der Waals surface area contributed by atoms with E-state index in [0.717, 1.165) is 5.56 Å². The van der Waals surface area contributed by atoms with Crippen molar-refractivity contribution in [3.63, 3.8) is 0 Å². The zero-order valence-corrected chi connectivity index (χ0v) is 18.4. The van der Waals surface area contributed by atoms with Gasteiger partial charge in [-0.1, -0.05) is 41.4 Å². The molecule has 1 aromatic heterocycles. The molecule has 160 valence electrons. The molecule has 8 heteroatoms. The highest BCUT2D eigenvalue weighted by atomic mass is 35.5. The lowest BCUT2D eigenvalue weighted by molar-refractivity contribution is 0.0947. The third kappa shape index (κ3) is 5.27. The van der Waals surface area contributed by atoms with E-state index in [-0.39, 0.29) is 23.1 Å². The minimum atomic E-state index is -0.370. The molecule has 0 radical (unpaired) electrons. The second-order valence-corrected chi connectivity index (χ2v) is 8.13. The van der Waals surface area contributed by atoms with E-state index in [2.05, 4.69) is 21.6 Å². The summed E-state index contributed by atoms with van der Waals surface area (Å²) >= 11 is 12.1. The maximum Gasteiger partial charge on any atom is 0.260 e. The lowest BCUT2D eigenvalue weighted by atomic mass is 10.1. The average molecular weight is 458 g/mol. The van der Waals surface area contributed by atoms with E-state index in [1.54, 1.807) is 12.1 Å². The number of nitrogens with one attached hydrogen (secondary N) is 1. The Labute approximate surface area is 190 Å². The van der Waals surface area contributed by atoms with Gasteiger partial charge in [-0.3, -0.25) is 4.79 Å². The van der Waals surface area contributed by atoms with Crippen LogP contribution in [0.3, 0.4) is 0 Å². The summed E-state index contributed by atoms with van der Waals surface area (Å²) in [6.45, 7) is 0.363. The molecule has 0 spiro atoms. The molecular formula is C23H21Cl2N3O3. The molecule has 0 bridgehead atoms. The maximum absolute atomic E-state index is 13.0. The third-order valence-corrected chi connectivity index (χ3v) is 5.62. The van der Waals surface area contributed by atoms with Crippen LogP contribution in [0.15, 0.2) is 48.7 Å². The number of carbonyl (C=O) groups is 1. The van der Waals surface area contributed by atoms with Crippen molar-refractivity contribution < 1.29 is 14.3 Å². The summed E-state index contributed by atoms with van der Waals surface area (Å²) in [6, 6.07) is 13.2. The fourth-order valence-corrected chi connectivity index (χ4v) is 3.79. The largest absolute Gasteiger partial charge is 0.479 e. The number of hydrogen-bond donors (Lipinski definition) is 1. The van der Waals surface area contributed by atoms with Crippen LogP contribution in [0.4, 0.5) is 0 Å². The summed E-state index contributed by atoms with van der Waals surface area (Å²) in [6.07, 6.45) is 4.35. The van der Waals surface area contributed by atoms with E-state index < -0.39 is 0 Å². The Kier molecular flexibility index (Phi) is 6.59. The maximum atomic E-state index is 13.0. The smallest absolute Gasteiger partial charge is 0.260 e. The van der Waals surface area contributed by atoms with Crippen molar-refractivity contribution in [3.8, 4) is 17.4 Å². The minimum absolute atomic E-state index is 0.0953. The standard InChI is InChI=1S/C23H21Cl2N3O3/c1-30-23-21(22(29)26-10-9-15-7-8-17(24)12-19(15)25)20(13-27-28-23)31-18-4-2-3-16(11-18)14-5-6-14/h2-4,7-8,11-14H,5-6,9-10H2,1H3,(H,26,29). The Morgan fingerprint density at radius 2 is 2.03 bits per heavy atom. The van der Waals surface area contributed by atoms with Crippen LogP contribution in [0.2, 0.25) is 10.0 Å². The fraction of sp³-hybridized carbons (Fsp3) is 0.261. The van der Waals surface area contributed by atoms with Crippen LogP contribution < -0.4 is 14.8 Å². The minimum Gasteiger partial charge on any atom is -0.479 e. The van der Waals surface area contributed by atoms with Crippen molar-refractivity contribution in [2.75, 3.05) is 13.7 Å². The van der Waals surface area contributed by atoms with Gasteiger partial charge < -0.3 is 14.8 Å². The third-order valence-electron chi connectivity index (χ3n) is 5.03. The first-order valence-electron chi connectivity index (χ1n) is 9.94. The number of nitrogens with zero attached hydrogens (tertiary/aromatic N) is 2. The summed E-state index contributed by atoms with van der Waals surface area (Å²) in [5.41, 5.74) is 2.31. The number of rotatable bonds is 8. The van der Waals surface area contributed by atoms with Gasteiger partial charge in [-0.2, -0.15) is 5.10 Å². The molecule has 0 aliphatic heterocycles. The molecule has 31 heavy (non-hydrogen) atoms. The van der Waals surface area contributed by atoms with E-state index in [9.17, 15) is 4.79 Å². The van der Waals surface area contributed by atoms with Gasteiger partial charge in [0.15, 0.2) is 5.75 Å². The molecule has 0 saturated heterocycles. The molecule has 1 aliphatic rings. The highest BCUT2D eigenvalue weighted by Crippen LogP contribution is 2.41. The van der Waals surface area contributed by atoms with E-state index in [4.69, 9.17) is 32.7 Å². The van der Waals surface area contributed by atoms with Gasteiger partial charge in [0.2, 0.25) is 5.88 Å². The van der Waals surface area contributed by atoms with E-state index in [1.165, 1.54) is 31.7 Å². The lowest BCUT2D eigenvalue weighted by Gasteiger charge is -2.14. The summed E-state index contributed by atoms with van der Waals surface area (Å²) in [5.74, 6) is 1.24. The van der Waals surface area contributed by atoms with Crippen LogP contribution in [0, 0.1) is 0 Å². The Morgan fingerprint density at radius 1 is 1.19 bits per heavy atom. The summed E-state index contributed by atoms with van der Waals surface area (Å²) in [5, 5.41) is 11.8.